The van der Waals surface area contributed by atoms with Gasteiger partial charge in [-0.3, -0.25) is 9.79 Å². The minimum atomic E-state index is -0.0926. The van der Waals surface area contributed by atoms with E-state index in [9.17, 15) is 4.79 Å². The lowest BCUT2D eigenvalue weighted by Crippen LogP contribution is -2.44. The molecule has 6 nitrogen and oxygen atoms in total. The topological polar surface area (TPSA) is 74.8 Å². The van der Waals surface area contributed by atoms with Crippen LogP contribution in [-0.4, -0.2) is 45.7 Å². The third-order valence-corrected chi connectivity index (χ3v) is 3.51. The van der Waals surface area contributed by atoms with Gasteiger partial charge in [0.2, 0.25) is 5.91 Å². The van der Waals surface area contributed by atoms with Crippen LogP contribution in [0.1, 0.15) is 31.0 Å². The van der Waals surface area contributed by atoms with Crippen molar-refractivity contribution in [1.29, 1.82) is 0 Å². The predicted octanol–water partition coefficient (Wildman–Crippen LogP) is 1.24. The fraction of sp³-hybridized carbons (Fsp3) is 0.529. The minimum Gasteiger partial charge on any atom is -0.383 e. The van der Waals surface area contributed by atoms with Crippen LogP contribution in [0, 0.1) is 0 Å². The van der Waals surface area contributed by atoms with E-state index >= 15 is 0 Å². The number of rotatable bonds is 8. The van der Waals surface area contributed by atoms with Crippen LogP contribution < -0.4 is 16.0 Å². The molecule has 1 atom stereocenters. The highest BCUT2D eigenvalue weighted by molar-refractivity contribution is 5.86. The molecule has 3 N–H and O–H groups in total. The summed E-state index contributed by atoms with van der Waals surface area (Å²) in [4.78, 5) is 15.8. The van der Waals surface area contributed by atoms with Crippen LogP contribution in [0.3, 0.4) is 0 Å². The molecule has 0 aliphatic carbocycles. The molecule has 1 aromatic rings. The summed E-state index contributed by atoms with van der Waals surface area (Å²) in [5, 5.41) is 9.03. The summed E-state index contributed by atoms with van der Waals surface area (Å²) in [6, 6.07) is 8.59. The summed E-state index contributed by atoms with van der Waals surface area (Å²) >= 11 is 0. The highest BCUT2D eigenvalue weighted by Gasteiger charge is 2.09. The largest absolute Gasteiger partial charge is 0.383 e. The number of hydrogen-bond acceptors (Lipinski definition) is 3. The van der Waals surface area contributed by atoms with Gasteiger partial charge in [-0.2, -0.15) is 0 Å². The van der Waals surface area contributed by atoms with Crippen molar-refractivity contribution < 1.29 is 9.53 Å². The van der Waals surface area contributed by atoms with Crippen LogP contribution in [0.25, 0.3) is 0 Å². The first-order valence-electron chi connectivity index (χ1n) is 7.92. The second-order valence-corrected chi connectivity index (χ2v) is 5.23. The number of guanidine groups is 1. The first kappa shape index (κ1) is 19.0. The SMILES string of the molecule is CCc1ccc(C(C)NC(=NC)NCC(=O)NCCOC)cc1. The van der Waals surface area contributed by atoms with Crippen molar-refractivity contribution >= 4 is 11.9 Å². The average molecular weight is 320 g/mol. The number of carbonyl (C=O) groups excluding carboxylic acids is 1. The Morgan fingerprint density at radius 2 is 1.96 bits per heavy atom. The zero-order valence-corrected chi connectivity index (χ0v) is 14.5. The molecule has 0 spiro atoms. The van der Waals surface area contributed by atoms with Crippen molar-refractivity contribution in [2.75, 3.05) is 33.9 Å². The van der Waals surface area contributed by atoms with Gasteiger partial charge in [0.05, 0.1) is 19.2 Å². The van der Waals surface area contributed by atoms with E-state index in [2.05, 4.69) is 59.1 Å². The highest BCUT2D eigenvalue weighted by Crippen LogP contribution is 2.13. The van der Waals surface area contributed by atoms with Gasteiger partial charge in [-0.05, 0) is 24.5 Å². The number of amides is 1. The van der Waals surface area contributed by atoms with Gasteiger partial charge in [0, 0.05) is 20.7 Å². The maximum absolute atomic E-state index is 11.7. The van der Waals surface area contributed by atoms with Crippen molar-refractivity contribution in [3.05, 3.63) is 35.4 Å². The molecule has 1 unspecified atom stereocenters. The fourth-order valence-electron chi connectivity index (χ4n) is 2.04. The lowest BCUT2D eigenvalue weighted by atomic mass is 10.1. The van der Waals surface area contributed by atoms with E-state index in [0.29, 0.717) is 19.1 Å². The van der Waals surface area contributed by atoms with Gasteiger partial charge >= 0.3 is 0 Å². The molecule has 0 aromatic heterocycles. The van der Waals surface area contributed by atoms with E-state index in [1.54, 1.807) is 14.2 Å². The van der Waals surface area contributed by atoms with Crippen molar-refractivity contribution in [3.63, 3.8) is 0 Å². The Morgan fingerprint density at radius 1 is 1.26 bits per heavy atom. The Bertz CT molecular complexity index is 500. The van der Waals surface area contributed by atoms with Crippen LogP contribution in [0.5, 0.6) is 0 Å². The maximum atomic E-state index is 11.7. The van der Waals surface area contributed by atoms with Crippen LogP contribution in [-0.2, 0) is 16.0 Å². The first-order chi connectivity index (χ1) is 11.1. The first-order valence-corrected chi connectivity index (χ1v) is 7.92. The molecule has 0 bridgehead atoms. The molecule has 0 radical (unpaired) electrons. The van der Waals surface area contributed by atoms with Gasteiger partial charge in [-0.1, -0.05) is 31.2 Å². The van der Waals surface area contributed by atoms with Crippen LogP contribution >= 0.6 is 0 Å². The van der Waals surface area contributed by atoms with Crippen LogP contribution in [0.4, 0.5) is 0 Å². The lowest BCUT2D eigenvalue weighted by molar-refractivity contribution is -0.120. The lowest BCUT2D eigenvalue weighted by Gasteiger charge is -2.18. The number of methoxy groups -OCH3 is 1. The number of carbonyl (C=O) groups is 1. The second kappa shape index (κ2) is 10.6. The summed E-state index contributed by atoms with van der Waals surface area (Å²) < 4.78 is 4.89. The third kappa shape index (κ3) is 7.15. The summed E-state index contributed by atoms with van der Waals surface area (Å²) in [5.74, 6) is 0.504. The van der Waals surface area contributed by atoms with E-state index in [1.807, 2.05) is 0 Å². The van der Waals surface area contributed by atoms with Gasteiger partial charge in [0.15, 0.2) is 5.96 Å². The number of nitrogens with zero attached hydrogens (tertiary/aromatic N) is 1. The zero-order chi connectivity index (χ0) is 17.1. The Hall–Kier alpha value is -2.08. The molecule has 0 aliphatic rings. The van der Waals surface area contributed by atoms with E-state index in [-0.39, 0.29) is 18.5 Å². The van der Waals surface area contributed by atoms with Gasteiger partial charge in [-0.25, -0.2) is 0 Å². The summed E-state index contributed by atoms with van der Waals surface area (Å²) in [6.45, 7) is 5.38. The Kier molecular flexibility index (Phi) is 8.75. The maximum Gasteiger partial charge on any atom is 0.239 e. The summed E-state index contributed by atoms with van der Waals surface area (Å²) in [7, 11) is 3.29. The molecule has 0 aliphatic heterocycles. The van der Waals surface area contributed by atoms with E-state index in [1.165, 1.54) is 11.1 Å². The fourth-order valence-corrected chi connectivity index (χ4v) is 2.04. The van der Waals surface area contributed by atoms with Crippen molar-refractivity contribution in [2.24, 2.45) is 4.99 Å². The van der Waals surface area contributed by atoms with Gasteiger partial charge < -0.3 is 20.7 Å². The highest BCUT2D eigenvalue weighted by atomic mass is 16.5. The Labute approximate surface area is 138 Å². The standard InChI is InChI=1S/C17H28N4O2/c1-5-14-6-8-15(9-7-14)13(2)21-17(18-3)20-12-16(22)19-10-11-23-4/h6-9,13H,5,10-12H2,1-4H3,(H,19,22)(H2,18,20,21). The molecular weight excluding hydrogens is 292 g/mol. The van der Waals surface area contributed by atoms with Crippen molar-refractivity contribution in [2.45, 2.75) is 26.3 Å². The smallest absolute Gasteiger partial charge is 0.239 e. The molecular formula is C17H28N4O2. The molecule has 0 saturated carbocycles. The molecule has 0 saturated heterocycles. The van der Waals surface area contributed by atoms with Gasteiger partial charge in [0.25, 0.3) is 0 Å². The van der Waals surface area contributed by atoms with E-state index < -0.39 is 0 Å². The second-order valence-electron chi connectivity index (χ2n) is 5.23. The van der Waals surface area contributed by atoms with E-state index in [0.717, 1.165) is 6.42 Å². The number of ether oxygens (including phenoxy) is 1. The van der Waals surface area contributed by atoms with E-state index in [4.69, 9.17) is 4.74 Å². The van der Waals surface area contributed by atoms with Crippen molar-refractivity contribution in [3.8, 4) is 0 Å². The molecule has 128 valence electrons. The predicted molar refractivity (Wildman–Crippen MR) is 93.6 cm³/mol. The number of aliphatic imine (C=N–C) groups is 1. The minimum absolute atomic E-state index is 0.0926. The molecule has 1 amide bonds. The molecule has 1 rings (SSSR count). The Balaban J connectivity index is 2.44. The van der Waals surface area contributed by atoms with Gasteiger partial charge in [0.1, 0.15) is 0 Å². The number of nitrogens with one attached hydrogen (secondary N) is 3. The summed E-state index contributed by atoms with van der Waals surface area (Å²) in [5.41, 5.74) is 2.49. The molecule has 0 heterocycles. The normalized spacial score (nSPS) is 12.6. The van der Waals surface area contributed by atoms with Gasteiger partial charge in [-0.15, -0.1) is 0 Å². The molecule has 23 heavy (non-hydrogen) atoms. The monoisotopic (exact) mass is 320 g/mol. The molecule has 0 fully saturated rings. The van der Waals surface area contributed by atoms with Crippen LogP contribution in [0.2, 0.25) is 0 Å². The molecule has 1 aromatic carbocycles. The van der Waals surface area contributed by atoms with Crippen LogP contribution in [0.15, 0.2) is 29.3 Å². The number of hydrogen-bond donors (Lipinski definition) is 3. The average Bonchev–Trinajstić information content (AvgIpc) is 2.58. The Morgan fingerprint density at radius 3 is 2.52 bits per heavy atom. The number of benzene rings is 1. The quantitative estimate of drug-likeness (QED) is 0.383. The zero-order valence-electron chi connectivity index (χ0n) is 14.5. The molecule has 6 heteroatoms. The summed E-state index contributed by atoms with van der Waals surface area (Å²) in [6.07, 6.45) is 1.03. The van der Waals surface area contributed by atoms with Crippen molar-refractivity contribution in [1.82, 2.24) is 16.0 Å². The third-order valence-electron chi connectivity index (χ3n) is 3.51. The number of aryl methyl sites for hydroxylation is 1.